The molecular weight excluding hydrogens is 284 g/mol. The molecule has 2 aromatic carbocycles. The van der Waals surface area contributed by atoms with Gasteiger partial charge in [0.1, 0.15) is 12.7 Å². The van der Waals surface area contributed by atoms with Gasteiger partial charge in [-0.05, 0) is 42.8 Å². The standard InChI is InChI=1S/C16H15ClN4/c1-12(15-4-2-3-5-16(15)17)20-13-6-8-14(9-7-13)21-11-18-10-19-21/h2-12,20H,1H3. The number of anilines is 1. The zero-order valence-corrected chi connectivity index (χ0v) is 12.3. The lowest BCUT2D eigenvalue weighted by Crippen LogP contribution is -2.07. The van der Waals surface area contributed by atoms with Gasteiger partial charge < -0.3 is 5.32 Å². The highest BCUT2D eigenvalue weighted by Gasteiger charge is 2.08. The predicted octanol–water partition coefficient (Wildman–Crippen LogP) is 4.09. The first-order chi connectivity index (χ1) is 10.2. The molecule has 0 aliphatic carbocycles. The van der Waals surface area contributed by atoms with Crippen LogP contribution < -0.4 is 5.32 Å². The van der Waals surface area contributed by atoms with Crippen LogP contribution in [0.1, 0.15) is 18.5 Å². The van der Waals surface area contributed by atoms with Crippen molar-refractivity contribution in [1.82, 2.24) is 14.8 Å². The average Bonchev–Trinajstić information content (AvgIpc) is 3.02. The van der Waals surface area contributed by atoms with Crippen LogP contribution in [0.2, 0.25) is 5.02 Å². The zero-order valence-electron chi connectivity index (χ0n) is 11.6. The fraction of sp³-hybridized carbons (Fsp3) is 0.125. The van der Waals surface area contributed by atoms with Crippen LogP contribution in [0.4, 0.5) is 5.69 Å². The Morgan fingerprint density at radius 1 is 1.10 bits per heavy atom. The van der Waals surface area contributed by atoms with Crippen molar-refractivity contribution in [2.75, 3.05) is 5.32 Å². The molecule has 0 saturated carbocycles. The molecule has 0 amide bonds. The number of nitrogens with one attached hydrogen (secondary N) is 1. The first-order valence-corrected chi connectivity index (χ1v) is 7.08. The maximum absolute atomic E-state index is 6.22. The molecule has 0 saturated heterocycles. The lowest BCUT2D eigenvalue weighted by atomic mass is 10.1. The van der Waals surface area contributed by atoms with Crippen molar-refractivity contribution in [2.24, 2.45) is 0 Å². The van der Waals surface area contributed by atoms with E-state index in [1.807, 2.05) is 48.5 Å². The van der Waals surface area contributed by atoms with E-state index in [9.17, 15) is 0 Å². The smallest absolute Gasteiger partial charge is 0.138 e. The number of rotatable bonds is 4. The number of aromatic nitrogens is 3. The Morgan fingerprint density at radius 3 is 2.52 bits per heavy atom. The van der Waals surface area contributed by atoms with Gasteiger partial charge in [0.2, 0.25) is 0 Å². The summed E-state index contributed by atoms with van der Waals surface area (Å²) in [5.74, 6) is 0. The maximum atomic E-state index is 6.22. The second-order valence-corrected chi connectivity index (χ2v) is 5.18. The number of halogens is 1. The summed E-state index contributed by atoms with van der Waals surface area (Å²) in [6.45, 7) is 2.09. The van der Waals surface area contributed by atoms with Crippen molar-refractivity contribution in [3.63, 3.8) is 0 Å². The van der Waals surface area contributed by atoms with Gasteiger partial charge >= 0.3 is 0 Å². The van der Waals surface area contributed by atoms with Gasteiger partial charge in [-0.3, -0.25) is 0 Å². The largest absolute Gasteiger partial charge is 0.378 e. The topological polar surface area (TPSA) is 42.7 Å². The first kappa shape index (κ1) is 13.6. The lowest BCUT2D eigenvalue weighted by Gasteiger charge is -2.17. The molecule has 0 aliphatic rings. The summed E-state index contributed by atoms with van der Waals surface area (Å²) in [7, 11) is 0. The van der Waals surface area contributed by atoms with Crippen LogP contribution >= 0.6 is 11.6 Å². The van der Waals surface area contributed by atoms with Crippen LogP contribution in [-0.4, -0.2) is 14.8 Å². The highest BCUT2D eigenvalue weighted by Crippen LogP contribution is 2.25. The summed E-state index contributed by atoms with van der Waals surface area (Å²) < 4.78 is 1.72. The van der Waals surface area contributed by atoms with Gasteiger partial charge in [-0.15, -0.1) is 0 Å². The van der Waals surface area contributed by atoms with E-state index in [-0.39, 0.29) is 6.04 Å². The summed E-state index contributed by atoms with van der Waals surface area (Å²) >= 11 is 6.22. The molecule has 0 radical (unpaired) electrons. The van der Waals surface area contributed by atoms with E-state index in [2.05, 4.69) is 22.3 Å². The molecule has 106 valence electrons. The van der Waals surface area contributed by atoms with E-state index in [4.69, 9.17) is 11.6 Å². The number of benzene rings is 2. The number of hydrogen-bond donors (Lipinski definition) is 1. The van der Waals surface area contributed by atoms with Crippen LogP contribution in [0, 0.1) is 0 Å². The fourth-order valence-corrected chi connectivity index (χ4v) is 2.51. The van der Waals surface area contributed by atoms with Crippen molar-refractivity contribution in [3.8, 4) is 5.69 Å². The monoisotopic (exact) mass is 298 g/mol. The quantitative estimate of drug-likeness (QED) is 0.789. The fourth-order valence-electron chi connectivity index (χ4n) is 2.21. The molecule has 0 spiro atoms. The molecule has 1 N–H and O–H groups in total. The summed E-state index contributed by atoms with van der Waals surface area (Å²) in [5, 5.41) is 8.32. The van der Waals surface area contributed by atoms with Crippen molar-refractivity contribution in [2.45, 2.75) is 13.0 Å². The van der Waals surface area contributed by atoms with Crippen LogP contribution in [0.5, 0.6) is 0 Å². The molecule has 0 fully saturated rings. The van der Waals surface area contributed by atoms with Gasteiger partial charge in [-0.2, -0.15) is 5.10 Å². The van der Waals surface area contributed by atoms with Crippen LogP contribution in [-0.2, 0) is 0 Å². The molecule has 1 atom stereocenters. The molecule has 4 nitrogen and oxygen atoms in total. The Hall–Kier alpha value is -2.33. The molecule has 3 aromatic rings. The van der Waals surface area contributed by atoms with Crippen molar-refractivity contribution < 1.29 is 0 Å². The van der Waals surface area contributed by atoms with Crippen LogP contribution in [0.15, 0.2) is 61.2 Å². The molecule has 0 aliphatic heterocycles. The van der Waals surface area contributed by atoms with Crippen LogP contribution in [0.25, 0.3) is 5.69 Å². The van der Waals surface area contributed by atoms with Gasteiger partial charge in [-0.25, -0.2) is 9.67 Å². The Labute approximate surface area is 128 Å². The highest BCUT2D eigenvalue weighted by molar-refractivity contribution is 6.31. The molecule has 5 heteroatoms. The van der Waals surface area contributed by atoms with E-state index >= 15 is 0 Å². The van der Waals surface area contributed by atoms with Crippen molar-refractivity contribution in [1.29, 1.82) is 0 Å². The average molecular weight is 299 g/mol. The lowest BCUT2D eigenvalue weighted by molar-refractivity contribution is 0.873. The molecular formula is C16H15ClN4. The third-order valence-corrected chi connectivity index (χ3v) is 3.65. The van der Waals surface area contributed by atoms with Crippen molar-refractivity contribution in [3.05, 3.63) is 71.8 Å². The van der Waals surface area contributed by atoms with Crippen molar-refractivity contribution >= 4 is 17.3 Å². The first-order valence-electron chi connectivity index (χ1n) is 6.70. The highest BCUT2D eigenvalue weighted by atomic mass is 35.5. The zero-order chi connectivity index (χ0) is 14.7. The normalized spacial score (nSPS) is 12.1. The molecule has 0 bridgehead atoms. The maximum Gasteiger partial charge on any atom is 0.138 e. The van der Waals surface area contributed by atoms with E-state index in [0.717, 1.165) is 22.0 Å². The summed E-state index contributed by atoms with van der Waals surface area (Å²) in [6.07, 6.45) is 3.19. The van der Waals surface area contributed by atoms with E-state index < -0.39 is 0 Å². The Morgan fingerprint density at radius 2 is 1.86 bits per heavy atom. The Kier molecular flexibility index (Phi) is 3.88. The minimum atomic E-state index is 0.135. The number of nitrogens with zero attached hydrogens (tertiary/aromatic N) is 3. The Bertz CT molecular complexity index is 707. The molecule has 21 heavy (non-hydrogen) atoms. The SMILES string of the molecule is CC(Nc1ccc(-n2cncn2)cc1)c1ccccc1Cl. The molecule has 1 aromatic heterocycles. The number of hydrogen-bond acceptors (Lipinski definition) is 3. The third-order valence-electron chi connectivity index (χ3n) is 3.31. The van der Waals surface area contributed by atoms with Gasteiger partial charge in [-0.1, -0.05) is 29.8 Å². The minimum absolute atomic E-state index is 0.135. The van der Waals surface area contributed by atoms with E-state index in [1.54, 1.807) is 11.0 Å². The Balaban J connectivity index is 1.75. The predicted molar refractivity (Wildman–Crippen MR) is 84.8 cm³/mol. The van der Waals surface area contributed by atoms with E-state index in [0.29, 0.717) is 0 Å². The third kappa shape index (κ3) is 3.06. The molecule has 1 heterocycles. The summed E-state index contributed by atoms with van der Waals surface area (Å²) in [5.41, 5.74) is 3.09. The minimum Gasteiger partial charge on any atom is -0.378 e. The van der Waals surface area contributed by atoms with E-state index in [1.165, 1.54) is 6.33 Å². The van der Waals surface area contributed by atoms with Gasteiger partial charge in [0.25, 0.3) is 0 Å². The second kappa shape index (κ2) is 5.97. The second-order valence-electron chi connectivity index (χ2n) is 4.77. The summed E-state index contributed by atoms with van der Waals surface area (Å²) in [4.78, 5) is 3.94. The van der Waals surface area contributed by atoms with Crippen LogP contribution in [0.3, 0.4) is 0 Å². The van der Waals surface area contributed by atoms with Gasteiger partial charge in [0.05, 0.1) is 5.69 Å². The molecule has 3 rings (SSSR count). The summed E-state index contributed by atoms with van der Waals surface area (Å²) in [6, 6.07) is 16.0. The van der Waals surface area contributed by atoms with Gasteiger partial charge in [0, 0.05) is 16.8 Å². The van der Waals surface area contributed by atoms with Gasteiger partial charge in [0.15, 0.2) is 0 Å². The molecule has 1 unspecified atom stereocenters.